The van der Waals surface area contributed by atoms with Crippen LogP contribution in [0, 0.1) is 0 Å². The second-order valence-corrected chi connectivity index (χ2v) is 5.24. The molecular weight excluding hydrogens is 308 g/mol. The van der Waals surface area contributed by atoms with Gasteiger partial charge in [0, 0.05) is 25.0 Å². The van der Waals surface area contributed by atoms with Crippen LogP contribution in [0.15, 0.2) is 42.7 Å². The number of ether oxygens (including phenoxy) is 1. The van der Waals surface area contributed by atoms with Crippen LogP contribution in [-0.2, 0) is 6.54 Å². The molecule has 3 rings (SSSR count). The lowest BCUT2D eigenvalue weighted by Gasteiger charge is -2.13. The SMILES string of the molecule is COc1ccc(CNC(=O)NC(C)c2nnc3ccccn23)cn1. The highest BCUT2D eigenvalue weighted by Gasteiger charge is 2.15. The second-order valence-electron chi connectivity index (χ2n) is 5.24. The van der Waals surface area contributed by atoms with Crippen LogP contribution in [0.2, 0.25) is 0 Å². The van der Waals surface area contributed by atoms with E-state index in [-0.39, 0.29) is 12.1 Å². The first kappa shape index (κ1) is 15.7. The van der Waals surface area contributed by atoms with E-state index in [0.29, 0.717) is 18.2 Å². The van der Waals surface area contributed by atoms with Gasteiger partial charge in [-0.1, -0.05) is 12.1 Å². The van der Waals surface area contributed by atoms with Gasteiger partial charge in [0.2, 0.25) is 5.88 Å². The van der Waals surface area contributed by atoms with Gasteiger partial charge in [-0.25, -0.2) is 9.78 Å². The fourth-order valence-corrected chi connectivity index (χ4v) is 2.29. The summed E-state index contributed by atoms with van der Waals surface area (Å²) in [4.78, 5) is 16.2. The third-order valence-electron chi connectivity index (χ3n) is 3.53. The summed E-state index contributed by atoms with van der Waals surface area (Å²) < 4.78 is 6.84. The number of amides is 2. The number of carbonyl (C=O) groups is 1. The fourth-order valence-electron chi connectivity index (χ4n) is 2.29. The Morgan fingerprint density at radius 1 is 1.29 bits per heavy atom. The molecule has 0 fully saturated rings. The predicted molar refractivity (Wildman–Crippen MR) is 87.6 cm³/mol. The molecule has 1 unspecified atom stereocenters. The average molecular weight is 326 g/mol. The molecule has 0 saturated carbocycles. The molecule has 2 amide bonds. The first-order valence-electron chi connectivity index (χ1n) is 7.50. The number of rotatable bonds is 5. The molecule has 0 aromatic carbocycles. The van der Waals surface area contributed by atoms with E-state index in [2.05, 4.69) is 25.8 Å². The number of hydrogen-bond donors (Lipinski definition) is 2. The zero-order valence-corrected chi connectivity index (χ0v) is 13.4. The van der Waals surface area contributed by atoms with E-state index in [9.17, 15) is 4.79 Å². The first-order valence-corrected chi connectivity index (χ1v) is 7.50. The summed E-state index contributed by atoms with van der Waals surface area (Å²) >= 11 is 0. The lowest BCUT2D eigenvalue weighted by atomic mass is 10.3. The Bertz CT molecular complexity index is 830. The van der Waals surface area contributed by atoms with Crippen molar-refractivity contribution in [3.05, 3.63) is 54.1 Å². The molecule has 0 aliphatic rings. The predicted octanol–water partition coefficient (Wildman–Crippen LogP) is 1.69. The summed E-state index contributed by atoms with van der Waals surface area (Å²) in [6.45, 7) is 2.23. The van der Waals surface area contributed by atoms with Crippen LogP contribution in [0.25, 0.3) is 5.65 Å². The lowest BCUT2D eigenvalue weighted by Crippen LogP contribution is -2.37. The number of fused-ring (bicyclic) bond motifs is 1. The van der Waals surface area contributed by atoms with E-state index in [1.54, 1.807) is 19.4 Å². The van der Waals surface area contributed by atoms with E-state index in [1.165, 1.54) is 0 Å². The van der Waals surface area contributed by atoms with E-state index in [4.69, 9.17) is 4.74 Å². The van der Waals surface area contributed by atoms with Crippen molar-refractivity contribution >= 4 is 11.7 Å². The van der Waals surface area contributed by atoms with E-state index < -0.39 is 0 Å². The minimum absolute atomic E-state index is 0.281. The molecule has 24 heavy (non-hydrogen) atoms. The van der Waals surface area contributed by atoms with Crippen molar-refractivity contribution in [2.75, 3.05) is 7.11 Å². The largest absolute Gasteiger partial charge is 0.481 e. The summed E-state index contributed by atoms with van der Waals surface area (Å²) in [5.74, 6) is 1.21. The number of aromatic nitrogens is 4. The van der Waals surface area contributed by atoms with Crippen LogP contribution < -0.4 is 15.4 Å². The van der Waals surface area contributed by atoms with Crippen molar-refractivity contribution in [2.45, 2.75) is 19.5 Å². The van der Waals surface area contributed by atoms with Gasteiger partial charge in [-0.2, -0.15) is 0 Å². The Morgan fingerprint density at radius 3 is 2.92 bits per heavy atom. The standard InChI is InChI=1S/C16H18N6O2/c1-11(15-21-20-13-5-3-4-8-22(13)15)19-16(23)18-10-12-6-7-14(24-2)17-9-12/h3-9,11H,10H2,1-2H3,(H2,18,19,23). The minimum atomic E-state index is -0.286. The summed E-state index contributed by atoms with van der Waals surface area (Å²) in [6.07, 6.45) is 3.53. The van der Waals surface area contributed by atoms with Crippen LogP contribution in [-0.4, -0.2) is 32.7 Å². The maximum absolute atomic E-state index is 12.1. The van der Waals surface area contributed by atoms with Crippen molar-refractivity contribution in [1.82, 2.24) is 30.2 Å². The Kier molecular flexibility index (Phi) is 4.55. The van der Waals surface area contributed by atoms with Gasteiger partial charge in [-0.3, -0.25) is 4.40 Å². The van der Waals surface area contributed by atoms with Gasteiger partial charge in [0.1, 0.15) is 0 Å². The van der Waals surface area contributed by atoms with Gasteiger partial charge in [-0.15, -0.1) is 10.2 Å². The van der Waals surface area contributed by atoms with Crippen LogP contribution in [0.4, 0.5) is 4.79 Å². The summed E-state index contributed by atoms with van der Waals surface area (Å²) in [5.41, 5.74) is 1.62. The van der Waals surface area contributed by atoms with E-state index in [0.717, 1.165) is 11.2 Å². The molecule has 3 heterocycles. The average Bonchev–Trinajstić information content (AvgIpc) is 3.04. The molecule has 0 saturated heterocycles. The zero-order chi connectivity index (χ0) is 16.9. The quantitative estimate of drug-likeness (QED) is 0.744. The summed E-state index contributed by atoms with van der Waals surface area (Å²) in [5, 5.41) is 13.8. The van der Waals surface area contributed by atoms with Gasteiger partial charge in [-0.05, 0) is 24.6 Å². The monoisotopic (exact) mass is 326 g/mol. The Hall–Kier alpha value is -3.16. The molecule has 8 nitrogen and oxygen atoms in total. The van der Waals surface area contributed by atoms with Gasteiger partial charge in [0.15, 0.2) is 11.5 Å². The maximum Gasteiger partial charge on any atom is 0.315 e. The fraction of sp³-hybridized carbons (Fsp3) is 0.250. The number of urea groups is 1. The summed E-state index contributed by atoms with van der Waals surface area (Å²) in [7, 11) is 1.56. The number of hydrogen-bond acceptors (Lipinski definition) is 5. The topological polar surface area (TPSA) is 93.4 Å². The highest BCUT2D eigenvalue weighted by molar-refractivity contribution is 5.74. The number of methoxy groups -OCH3 is 1. The molecule has 0 aliphatic carbocycles. The van der Waals surface area contributed by atoms with Crippen LogP contribution >= 0.6 is 0 Å². The number of pyridine rings is 2. The van der Waals surface area contributed by atoms with Gasteiger partial charge in [0.05, 0.1) is 13.2 Å². The molecule has 2 N–H and O–H groups in total. The van der Waals surface area contributed by atoms with Crippen molar-refractivity contribution in [3.8, 4) is 5.88 Å². The molecule has 0 radical (unpaired) electrons. The molecule has 3 aromatic heterocycles. The van der Waals surface area contributed by atoms with Crippen LogP contribution in [0.3, 0.4) is 0 Å². The molecule has 8 heteroatoms. The molecule has 3 aromatic rings. The van der Waals surface area contributed by atoms with Crippen molar-refractivity contribution < 1.29 is 9.53 Å². The number of carbonyl (C=O) groups excluding carboxylic acids is 1. The third-order valence-corrected chi connectivity index (χ3v) is 3.53. The van der Waals surface area contributed by atoms with Crippen LogP contribution in [0.5, 0.6) is 5.88 Å². The summed E-state index contributed by atoms with van der Waals surface area (Å²) in [6, 6.07) is 8.68. The van der Waals surface area contributed by atoms with Gasteiger partial charge < -0.3 is 15.4 Å². The smallest absolute Gasteiger partial charge is 0.315 e. The third kappa shape index (κ3) is 3.43. The van der Waals surface area contributed by atoms with Crippen molar-refractivity contribution in [3.63, 3.8) is 0 Å². The molecular formula is C16H18N6O2. The Labute approximate surface area is 138 Å². The Morgan fingerprint density at radius 2 is 2.17 bits per heavy atom. The first-order chi connectivity index (χ1) is 11.7. The van der Waals surface area contributed by atoms with Crippen molar-refractivity contribution in [2.24, 2.45) is 0 Å². The maximum atomic E-state index is 12.1. The van der Waals surface area contributed by atoms with E-state index >= 15 is 0 Å². The highest BCUT2D eigenvalue weighted by Crippen LogP contribution is 2.11. The normalized spacial score (nSPS) is 11.9. The number of nitrogens with zero attached hydrogens (tertiary/aromatic N) is 4. The zero-order valence-electron chi connectivity index (χ0n) is 13.4. The van der Waals surface area contributed by atoms with Crippen LogP contribution in [0.1, 0.15) is 24.4 Å². The molecule has 0 aliphatic heterocycles. The van der Waals surface area contributed by atoms with Gasteiger partial charge in [0.25, 0.3) is 0 Å². The number of nitrogens with one attached hydrogen (secondary N) is 2. The molecule has 0 bridgehead atoms. The highest BCUT2D eigenvalue weighted by atomic mass is 16.5. The minimum Gasteiger partial charge on any atom is -0.481 e. The van der Waals surface area contributed by atoms with Crippen molar-refractivity contribution in [1.29, 1.82) is 0 Å². The Balaban J connectivity index is 1.57. The molecule has 1 atom stereocenters. The second kappa shape index (κ2) is 6.95. The van der Waals surface area contributed by atoms with Gasteiger partial charge >= 0.3 is 6.03 Å². The van der Waals surface area contributed by atoms with E-state index in [1.807, 2.05) is 41.8 Å². The molecule has 0 spiro atoms. The molecule has 124 valence electrons. The lowest BCUT2D eigenvalue weighted by molar-refractivity contribution is 0.237.